The molecule has 0 bridgehead atoms. The molecular weight excluding hydrogens is 336 g/mol. The normalized spacial score (nSPS) is 15.6. The van der Waals surface area contributed by atoms with Crippen molar-refractivity contribution in [3.8, 4) is 0 Å². The number of nitrogens with one attached hydrogen (secondary N) is 1. The second-order valence-corrected chi connectivity index (χ2v) is 7.67. The van der Waals surface area contributed by atoms with Crippen molar-refractivity contribution >= 4 is 21.6 Å². The number of halogens is 1. The van der Waals surface area contributed by atoms with Gasteiger partial charge in [-0.2, -0.15) is 0 Å². The SMILES string of the molecule is Cn1c(S(=O)(=O)NCCN2CCc3ccccc3C2)cnc1Cl. The zero-order valence-corrected chi connectivity index (χ0v) is 14.4. The van der Waals surface area contributed by atoms with Gasteiger partial charge >= 0.3 is 0 Å². The predicted octanol–water partition coefficient (Wildman–Crippen LogP) is 1.41. The van der Waals surface area contributed by atoms with E-state index in [-0.39, 0.29) is 10.3 Å². The lowest BCUT2D eigenvalue weighted by Crippen LogP contribution is -2.38. The Balaban J connectivity index is 1.57. The molecular formula is C15H19ClN4O2S. The van der Waals surface area contributed by atoms with Gasteiger partial charge in [-0.15, -0.1) is 0 Å². The maximum atomic E-state index is 12.3. The molecule has 1 aromatic heterocycles. The minimum absolute atomic E-state index is 0.0755. The third-order valence-electron chi connectivity index (χ3n) is 4.09. The molecule has 124 valence electrons. The lowest BCUT2D eigenvalue weighted by Gasteiger charge is -2.28. The van der Waals surface area contributed by atoms with E-state index in [9.17, 15) is 8.42 Å². The van der Waals surface area contributed by atoms with Crippen molar-refractivity contribution in [3.05, 3.63) is 46.9 Å². The fourth-order valence-corrected chi connectivity index (χ4v) is 4.12. The van der Waals surface area contributed by atoms with Gasteiger partial charge in [0.15, 0.2) is 5.03 Å². The number of hydrogen-bond acceptors (Lipinski definition) is 4. The van der Waals surface area contributed by atoms with E-state index in [0.717, 1.165) is 19.5 Å². The number of sulfonamides is 1. The summed E-state index contributed by atoms with van der Waals surface area (Å²) in [5, 5.41) is 0.226. The Morgan fingerprint density at radius 3 is 2.74 bits per heavy atom. The van der Waals surface area contributed by atoms with Crippen molar-refractivity contribution in [2.75, 3.05) is 19.6 Å². The number of benzene rings is 1. The molecule has 0 aliphatic carbocycles. The highest BCUT2D eigenvalue weighted by Crippen LogP contribution is 2.18. The zero-order chi connectivity index (χ0) is 16.4. The van der Waals surface area contributed by atoms with Crippen LogP contribution in [0.25, 0.3) is 0 Å². The monoisotopic (exact) mass is 354 g/mol. The third kappa shape index (κ3) is 3.58. The topological polar surface area (TPSA) is 67.2 Å². The van der Waals surface area contributed by atoms with Crippen LogP contribution in [0.5, 0.6) is 0 Å². The fourth-order valence-electron chi connectivity index (χ4n) is 2.78. The standard InChI is InChI=1S/C15H19ClN4O2S/c1-19-14(10-17-15(19)16)23(21,22)18-7-9-20-8-6-12-4-2-3-5-13(12)11-20/h2-5,10,18H,6-9,11H2,1H3. The molecule has 1 aromatic carbocycles. The van der Waals surface area contributed by atoms with Gasteiger partial charge in [0, 0.05) is 33.2 Å². The van der Waals surface area contributed by atoms with Gasteiger partial charge in [0.1, 0.15) is 0 Å². The van der Waals surface area contributed by atoms with Crippen molar-refractivity contribution in [1.82, 2.24) is 19.2 Å². The molecule has 0 saturated carbocycles. The summed E-state index contributed by atoms with van der Waals surface area (Å²) in [6.07, 6.45) is 2.27. The number of fused-ring (bicyclic) bond motifs is 1. The summed E-state index contributed by atoms with van der Waals surface area (Å²) in [5.41, 5.74) is 2.70. The number of nitrogens with zero attached hydrogens (tertiary/aromatic N) is 3. The Kier molecular flexibility index (Phi) is 4.72. The van der Waals surface area contributed by atoms with E-state index < -0.39 is 10.0 Å². The summed E-state index contributed by atoms with van der Waals surface area (Å²) in [5.74, 6) is 0. The van der Waals surface area contributed by atoms with E-state index in [1.165, 1.54) is 21.9 Å². The molecule has 2 aromatic rings. The molecule has 3 rings (SSSR count). The molecule has 23 heavy (non-hydrogen) atoms. The van der Waals surface area contributed by atoms with Crippen LogP contribution in [0.2, 0.25) is 5.28 Å². The molecule has 0 radical (unpaired) electrons. The van der Waals surface area contributed by atoms with Crippen LogP contribution < -0.4 is 4.72 Å². The van der Waals surface area contributed by atoms with E-state index in [2.05, 4.69) is 32.8 Å². The van der Waals surface area contributed by atoms with Crippen LogP contribution in [0.1, 0.15) is 11.1 Å². The van der Waals surface area contributed by atoms with Gasteiger partial charge in [-0.1, -0.05) is 24.3 Å². The fraction of sp³-hybridized carbons (Fsp3) is 0.400. The lowest BCUT2D eigenvalue weighted by molar-refractivity contribution is 0.258. The first-order valence-corrected chi connectivity index (χ1v) is 9.29. The van der Waals surface area contributed by atoms with E-state index in [4.69, 9.17) is 11.6 Å². The number of rotatable bonds is 5. The Morgan fingerprint density at radius 2 is 2.04 bits per heavy atom. The van der Waals surface area contributed by atoms with E-state index in [0.29, 0.717) is 13.1 Å². The highest BCUT2D eigenvalue weighted by Gasteiger charge is 2.21. The Labute approximate surface area is 141 Å². The van der Waals surface area contributed by atoms with Gasteiger partial charge in [-0.25, -0.2) is 18.1 Å². The van der Waals surface area contributed by atoms with Crippen molar-refractivity contribution in [2.24, 2.45) is 7.05 Å². The van der Waals surface area contributed by atoms with E-state index in [1.54, 1.807) is 7.05 Å². The van der Waals surface area contributed by atoms with Gasteiger partial charge < -0.3 is 4.57 Å². The van der Waals surface area contributed by atoms with Crippen LogP contribution in [0, 0.1) is 0 Å². The summed E-state index contributed by atoms with van der Waals surface area (Å²) in [6.45, 7) is 2.82. The van der Waals surface area contributed by atoms with E-state index in [1.807, 2.05) is 6.07 Å². The summed E-state index contributed by atoms with van der Waals surface area (Å²) < 4.78 is 28.5. The van der Waals surface area contributed by atoms with Crippen LogP contribution in [-0.2, 0) is 30.0 Å². The molecule has 8 heteroatoms. The van der Waals surface area contributed by atoms with Gasteiger partial charge in [-0.05, 0) is 29.1 Å². The molecule has 1 N–H and O–H groups in total. The molecule has 2 heterocycles. The van der Waals surface area contributed by atoms with Crippen LogP contribution in [0.15, 0.2) is 35.5 Å². The van der Waals surface area contributed by atoms with Gasteiger partial charge in [0.25, 0.3) is 10.0 Å². The molecule has 0 fully saturated rings. The first-order valence-electron chi connectivity index (χ1n) is 7.43. The Bertz CT molecular complexity index is 804. The molecule has 1 aliphatic heterocycles. The zero-order valence-electron chi connectivity index (χ0n) is 12.9. The van der Waals surface area contributed by atoms with Crippen LogP contribution in [0.3, 0.4) is 0 Å². The highest BCUT2D eigenvalue weighted by atomic mass is 35.5. The number of hydrogen-bond donors (Lipinski definition) is 1. The molecule has 0 spiro atoms. The Morgan fingerprint density at radius 1 is 1.30 bits per heavy atom. The predicted molar refractivity (Wildman–Crippen MR) is 88.8 cm³/mol. The van der Waals surface area contributed by atoms with Gasteiger partial charge in [0.2, 0.25) is 5.28 Å². The number of imidazole rings is 1. The average Bonchev–Trinajstić information content (AvgIpc) is 2.87. The van der Waals surface area contributed by atoms with Gasteiger partial charge in [-0.3, -0.25) is 4.90 Å². The molecule has 6 nitrogen and oxygen atoms in total. The first-order chi connectivity index (χ1) is 11.0. The van der Waals surface area contributed by atoms with Crippen LogP contribution in [-0.4, -0.2) is 42.5 Å². The Hall–Kier alpha value is -1.41. The maximum absolute atomic E-state index is 12.3. The quantitative estimate of drug-likeness (QED) is 0.881. The van der Waals surface area contributed by atoms with Crippen LogP contribution in [0.4, 0.5) is 0 Å². The molecule has 0 unspecified atom stereocenters. The van der Waals surface area contributed by atoms with Crippen molar-refractivity contribution in [2.45, 2.75) is 18.0 Å². The van der Waals surface area contributed by atoms with Gasteiger partial charge in [0.05, 0.1) is 6.20 Å². The summed E-state index contributed by atoms with van der Waals surface area (Å²) in [6, 6.07) is 8.38. The van der Waals surface area contributed by atoms with Crippen LogP contribution >= 0.6 is 11.6 Å². The lowest BCUT2D eigenvalue weighted by atomic mass is 10.0. The summed E-state index contributed by atoms with van der Waals surface area (Å²) in [7, 11) is -2.02. The minimum Gasteiger partial charge on any atom is -0.308 e. The molecule has 0 amide bonds. The highest BCUT2D eigenvalue weighted by molar-refractivity contribution is 7.89. The van der Waals surface area contributed by atoms with E-state index >= 15 is 0 Å². The second-order valence-electron chi connectivity index (χ2n) is 5.62. The largest absolute Gasteiger partial charge is 0.308 e. The third-order valence-corrected chi connectivity index (χ3v) is 5.96. The first kappa shape index (κ1) is 16.4. The second kappa shape index (κ2) is 6.60. The molecule has 0 atom stereocenters. The van der Waals surface area contributed by atoms with Crippen molar-refractivity contribution in [1.29, 1.82) is 0 Å². The van der Waals surface area contributed by atoms with Crippen molar-refractivity contribution in [3.63, 3.8) is 0 Å². The molecule has 0 saturated heterocycles. The summed E-state index contributed by atoms with van der Waals surface area (Å²) >= 11 is 5.79. The number of aromatic nitrogens is 2. The average molecular weight is 355 g/mol. The smallest absolute Gasteiger partial charge is 0.257 e. The molecule has 1 aliphatic rings. The minimum atomic E-state index is -3.59. The van der Waals surface area contributed by atoms with Crippen molar-refractivity contribution < 1.29 is 8.42 Å². The maximum Gasteiger partial charge on any atom is 0.257 e. The summed E-state index contributed by atoms with van der Waals surface area (Å²) in [4.78, 5) is 6.06.